The van der Waals surface area contributed by atoms with Crippen molar-refractivity contribution in [3.05, 3.63) is 47.6 Å². The molecule has 0 saturated heterocycles. The summed E-state index contributed by atoms with van der Waals surface area (Å²) in [5, 5.41) is 21.8. The Labute approximate surface area is 129 Å². The van der Waals surface area contributed by atoms with E-state index in [-0.39, 0.29) is 11.8 Å². The molecule has 4 atom stereocenters. The first-order valence-electron chi connectivity index (χ1n) is 6.83. The van der Waals surface area contributed by atoms with Crippen LogP contribution in [0.1, 0.15) is 27.7 Å². The third-order valence-electron chi connectivity index (χ3n) is 4.15. The van der Waals surface area contributed by atoms with Gasteiger partial charge in [0.1, 0.15) is 9.87 Å². The first-order valence-corrected chi connectivity index (χ1v) is 8.98. The average Bonchev–Trinajstić information content (AvgIpc) is 2.40. The first-order chi connectivity index (χ1) is 9.30. The van der Waals surface area contributed by atoms with Gasteiger partial charge < -0.3 is 10.2 Å². The van der Waals surface area contributed by atoms with Crippen LogP contribution in [0.15, 0.2) is 47.6 Å². The fraction of sp³-hybridized carbons (Fsp3) is 0.500. The summed E-state index contributed by atoms with van der Waals surface area (Å²) < 4.78 is 0. The Morgan fingerprint density at radius 3 is 1.50 bits per heavy atom. The number of hydrogen-bond donors (Lipinski definition) is 2. The molecular weight excluding hydrogens is 288 g/mol. The lowest BCUT2D eigenvalue weighted by atomic mass is 9.93. The lowest BCUT2D eigenvalue weighted by Crippen LogP contribution is -2.38. The summed E-state index contributed by atoms with van der Waals surface area (Å²) in [5.41, 5.74) is 1.85. The molecule has 2 N–H and O–H groups in total. The van der Waals surface area contributed by atoms with Gasteiger partial charge in [-0.1, -0.05) is 71.9 Å². The van der Waals surface area contributed by atoms with E-state index in [4.69, 9.17) is 0 Å². The molecule has 0 amide bonds. The summed E-state index contributed by atoms with van der Waals surface area (Å²) in [5.74, 6) is 0.0413. The van der Waals surface area contributed by atoms with Crippen molar-refractivity contribution in [2.75, 3.05) is 0 Å². The van der Waals surface area contributed by atoms with E-state index < -0.39 is 9.87 Å². The van der Waals surface area contributed by atoms with Gasteiger partial charge >= 0.3 is 0 Å². The van der Waals surface area contributed by atoms with Gasteiger partial charge in [0.05, 0.1) is 0 Å². The van der Waals surface area contributed by atoms with E-state index in [1.54, 1.807) is 0 Å². The SMILES string of the molecule is CC1=CC=CC(C)C1(O)SSC1(O)C(C)=CC=CC1C. The molecule has 2 rings (SSSR count). The first kappa shape index (κ1) is 16.0. The van der Waals surface area contributed by atoms with Crippen molar-refractivity contribution in [3.63, 3.8) is 0 Å². The van der Waals surface area contributed by atoms with Gasteiger partial charge in [-0.3, -0.25) is 0 Å². The van der Waals surface area contributed by atoms with Crippen LogP contribution in [0, 0.1) is 11.8 Å². The normalized spacial score (nSPS) is 40.5. The summed E-state index contributed by atoms with van der Waals surface area (Å²) in [6.45, 7) is 7.87. The van der Waals surface area contributed by atoms with E-state index in [2.05, 4.69) is 0 Å². The van der Waals surface area contributed by atoms with Gasteiger partial charge in [0.25, 0.3) is 0 Å². The fourth-order valence-electron chi connectivity index (χ4n) is 2.36. The zero-order valence-electron chi connectivity index (χ0n) is 12.3. The van der Waals surface area contributed by atoms with Crippen LogP contribution in [0.4, 0.5) is 0 Å². The van der Waals surface area contributed by atoms with Gasteiger partial charge in [-0.05, 0) is 25.0 Å². The highest BCUT2D eigenvalue weighted by Gasteiger charge is 2.43. The Morgan fingerprint density at radius 2 is 1.20 bits per heavy atom. The fourth-order valence-corrected chi connectivity index (χ4v) is 5.94. The number of hydrogen-bond acceptors (Lipinski definition) is 4. The molecule has 0 radical (unpaired) electrons. The molecule has 0 aromatic heterocycles. The van der Waals surface area contributed by atoms with E-state index >= 15 is 0 Å². The molecule has 4 heteroatoms. The predicted molar refractivity (Wildman–Crippen MR) is 89.2 cm³/mol. The third kappa shape index (κ3) is 2.67. The van der Waals surface area contributed by atoms with Crippen molar-refractivity contribution in [2.45, 2.75) is 37.6 Å². The zero-order chi connectivity index (χ0) is 15.0. The van der Waals surface area contributed by atoms with Gasteiger partial charge in [0.2, 0.25) is 0 Å². The van der Waals surface area contributed by atoms with Crippen molar-refractivity contribution < 1.29 is 10.2 Å². The maximum Gasteiger partial charge on any atom is 0.147 e. The highest BCUT2D eigenvalue weighted by molar-refractivity contribution is 8.77. The summed E-state index contributed by atoms with van der Waals surface area (Å²) in [4.78, 5) is -1.92. The molecule has 2 aliphatic carbocycles. The molecule has 0 aliphatic heterocycles. The molecule has 0 heterocycles. The van der Waals surface area contributed by atoms with Crippen molar-refractivity contribution in [3.8, 4) is 0 Å². The van der Waals surface area contributed by atoms with Crippen LogP contribution in [0.2, 0.25) is 0 Å². The molecule has 0 spiro atoms. The van der Waals surface area contributed by atoms with E-state index in [0.717, 1.165) is 11.1 Å². The number of allylic oxidation sites excluding steroid dienone is 4. The molecule has 2 nitrogen and oxygen atoms in total. The molecule has 110 valence electrons. The van der Waals surface area contributed by atoms with E-state index in [9.17, 15) is 10.2 Å². The molecule has 0 bridgehead atoms. The topological polar surface area (TPSA) is 40.5 Å². The van der Waals surface area contributed by atoms with E-state index in [0.29, 0.717) is 0 Å². The molecule has 0 saturated carbocycles. The molecule has 20 heavy (non-hydrogen) atoms. The summed E-state index contributed by atoms with van der Waals surface area (Å²) in [6, 6.07) is 0. The Morgan fingerprint density at radius 1 is 0.850 bits per heavy atom. The van der Waals surface area contributed by atoms with Crippen LogP contribution in [-0.4, -0.2) is 20.1 Å². The smallest absolute Gasteiger partial charge is 0.147 e. The maximum absolute atomic E-state index is 10.9. The van der Waals surface area contributed by atoms with Gasteiger partial charge in [0.15, 0.2) is 0 Å². The second-order valence-electron chi connectivity index (χ2n) is 5.61. The summed E-state index contributed by atoms with van der Waals surface area (Å²) in [7, 11) is 2.71. The number of aliphatic hydroxyl groups is 2. The lowest BCUT2D eigenvalue weighted by molar-refractivity contribution is 0.132. The largest absolute Gasteiger partial charge is 0.374 e. The molecule has 0 aromatic rings. The standard InChI is InChI=1S/C16H22O2S2/c1-11-7-5-8-12(2)15(11,17)19-20-16(18)13(3)9-6-10-14(16)4/h5-11,13,17-18H,1-4H3. The van der Waals surface area contributed by atoms with Gasteiger partial charge in [-0.2, -0.15) is 0 Å². The van der Waals surface area contributed by atoms with E-state index in [1.807, 2.05) is 64.2 Å². The van der Waals surface area contributed by atoms with Crippen molar-refractivity contribution in [2.24, 2.45) is 11.8 Å². The highest BCUT2D eigenvalue weighted by atomic mass is 33.1. The molecule has 0 aromatic carbocycles. The second kappa shape index (κ2) is 5.76. The van der Waals surface area contributed by atoms with Gasteiger partial charge in [0, 0.05) is 11.8 Å². The van der Waals surface area contributed by atoms with E-state index in [1.165, 1.54) is 21.6 Å². The third-order valence-corrected chi connectivity index (χ3v) is 7.91. The van der Waals surface area contributed by atoms with Crippen LogP contribution in [0.3, 0.4) is 0 Å². The lowest BCUT2D eigenvalue weighted by Gasteiger charge is -2.40. The number of rotatable bonds is 3. The van der Waals surface area contributed by atoms with Crippen LogP contribution in [-0.2, 0) is 0 Å². The summed E-state index contributed by atoms with van der Waals surface area (Å²) in [6.07, 6.45) is 11.8. The quantitative estimate of drug-likeness (QED) is 0.609. The summed E-state index contributed by atoms with van der Waals surface area (Å²) >= 11 is 0. The zero-order valence-corrected chi connectivity index (χ0v) is 14.0. The van der Waals surface area contributed by atoms with Crippen molar-refractivity contribution in [1.29, 1.82) is 0 Å². The van der Waals surface area contributed by atoms with Gasteiger partial charge in [-0.25, -0.2) is 0 Å². The molecule has 2 aliphatic rings. The van der Waals surface area contributed by atoms with Crippen molar-refractivity contribution >= 4 is 21.6 Å². The Bertz CT molecular complexity index is 461. The average molecular weight is 310 g/mol. The van der Waals surface area contributed by atoms with Crippen LogP contribution in [0.25, 0.3) is 0 Å². The molecule has 4 unspecified atom stereocenters. The Hall–Kier alpha value is -0.420. The maximum atomic E-state index is 10.9. The monoisotopic (exact) mass is 310 g/mol. The van der Waals surface area contributed by atoms with Crippen LogP contribution in [0.5, 0.6) is 0 Å². The molecule has 0 fully saturated rings. The Balaban J connectivity index is 2.16. The van der Waals surface area contributed by atoms with Crippen molar-refractivity contribution in [1.82, 2.24) is 0 Å². The minimum Gasteiger partial charge on any atom is -0.374 e. The predicted octanol–water partition coefficient (Wildman–Crippen LogP) is 4.05. The minimum absolute atomic E-state index is 0.0207. The second-order valence-corrected chi connectivity index (χ2v) is 8.18. The Kier molecular flexibility index (Phi) is 4.59. The van der Waals surface area contributed by atoms with Crippen LogP contribution >= 0.6 is 21.6 Å². The van der Waals surface area contributed by atoms with Crippen LogP contribution < -0.4 is 0 Å². The minimum atomic E-state index is -0.962. The van der Waals surface area contributed by atoms with Gasteiger partial charge in [-0.15, -0.1) is 0 Å². The highest BCUT2D eigenvalue weighted by Crippen LogP contribution is 2.54. The molecular formula is C16H22O2S2.